The average Bonchev–Trinajstić information content (AvgIpc) is 2.62. The van der Waals surface area contributed by atoms with E-state index in [-0.39, 0.29) is 31.0 Å². The van der Waals surface area contributed by atoms with E-state index in [1.807, 2.05) is 0 Å². The Balaban J connectivity index is 1.97. The van der Waals surface area contributed by atoms with Crippen molar-refractivity contribution in [3.8, 4) is 5.75 Å². The molecule has 0 fully saturated rings. The lowest BCUT2D eigenvalue weighted by molar-refractivity contribution is -0.139. The Labute approximate surface area is 144 Å². The van der Waals surface area contributed by atoms with Gasteiger partial charge >= 0.3 is 5.97 Å². The van der Waals surface area contributed by atoms with Crippen molar-refractivity contribution in [1.82, 2.24) is 4.90 Å². The third-order valence-corrected chi connectivity index (χ3v) is 4.27. The minimum atomic E-state index is -0.991. The van der Waals surface area contributed by atoms with Crippen LogP contribution in [0, 0.1) is 5.82 Å². The van der Waals surface area contributed by atoms with Crippen molar-refractivity contribution in [2.24, 2.45) is 0 Å². The van der Waals surface area contributed by atoms with Crippen LogP contribution in [0.25, 0.3) is 0 Å². The molecule has 0 aromatic heterocycles. The SMILES string of the molecule is CCOc1c(F)cccc1C(=O)N1Cc2ccccc2C(C(=O)O)C1. The fraction of sp³-hybridized carbons (Fsp3) is 0.263. The zero-order valence-electron chi connectivity index (χ0n) is 13.7. The number of nitrogens with zero attached hydrogens (tertiary/aromatic N) is 1. The molecule has 2 aromatic rings. The molecule has 2 aromatic carbocycles. The molecular weight excluding hydrogens is 325 g/mol. The second kappa shape index (κ2) is 6.93. The number of carbonyl (C=O) groups excluding carboxylic acids is 1. The molecular formula is C19H18FNO4. The number of halogens is 1. The first kappa shape index (κ1) is 17.0. The smallest absolute Gasteiger partial charge is 0.312 e. The number of carboxylic acid groups (broad SMARTS) is 1. The van der Waals surface area contributed by atoms with E-state index in [9.17, 15) is 19.1 Å². The number of carboxylic acids is 1. The van der Waals surface area contributed by atoms with E-state index >= 15 is 0 Å². The van der Waals surface area contributed by atoms with Crippen LogP contribution in [0.1, 0.15) is 34.3 Å². The van der Waals surface area contributed by atoms with Gasteiger partial charge in [-0.1, -0.05) is 30.3 Å². The standard InChI is InChI=1S/C19H18FNO4/c1-2-25-17-14(8-5-9-16(17)20)18(22)21-10-12-6-3-4-7-13(12)15(11-21)19(23)24/h3-9,15H,2,10-11H2,1H3,(H,23,24). The molecule has 0 saturated carbocycles. The van der Waals surface area contributed by atoms with Gasteiger partial charge in [-0.3, -0.25) is 9.59 Å². The van der Waals surface area contributed by atoms with Crippen molar-refractivity contribution in [1.29, 1.82) is 0 Å². The van der Waals surface area contributed by atoms with Crippen LogP contribution in [0.2, 0.25) is 0 Å². The highest BCUT2D eigenvalue weighted by Crippen LogP contribution is 2.31. The number of amides is 1. The normalized spacial score (nSPS) is 16.2. The van der Waals surface area contributed by atoms with E-state index in [0.717, 1.165) is 5.56 Å². The highest BCUT2D eigenvalue weighted by Gasteiger charge is 2.33. The van der Waals surface area contributed by atoms with Crippen molar-refractivity contribution >= 4 is 11.9 Å². The second-order valence-corrected chi connectivity index (χ2v) is 5.82. The van der Waals surface area contributed by atoms with Crippen LogP contribution in [-0.2, 0) is 11.3 Å². The molecule has 0 spiro atoms. The molecule has 25 heavy (non-hydrogen) atoms. The fourth-order valence-electron chi connectivity index (χ4n) is 3.11. The van der Waals surface area contributed by atoms with Gasteiger partial charge in [0.15, 0.2) is 11.6 Å². The predicted molar refractivity (Wildman–Crippen MR) is 89.1 cm³/mol. The minimum absolute atomic E-state index is 0.0350. The number of para-hydroxylation sites is 1. The van der Waals surface area contributed by atoms with Gasteiger partial charge in [-0.05, 0) is 30.2 Å². The van der Waals surface area contributed by atoms with Crippen LogP contribution < -0.4 is 4.74 Å². The van der Waals surface area contributed by atoms with Crippen LogP contribution in [-0.4, -0.2) is 35.0 Å². The van der Waals surface area contributed by atoms with E-state index in [0.29, 0.717) is 5.56 Å². The van der Waals surface area contributed by atoms with E-state index in [4.69, 9.17) is 4.74 Å². The number of ether oxygens (including phenoxy) is 1. The number of hydrogen-bond donors (Lipinski definition) is 1. The van der Waals surface area contributed by atoms with Gasteiger partial charge in [0.25, 0.3) is 5.91 Å². The Bertz CT molecular complexity index is 821. The molecule has 130 valence electrons. The summed E-state index contributed by atoms with van der Waals surface area (Å²) >= 11 is 0. The van der Waals surface area contributed by atoms with E-state index in [1.165, 1.54) is 23.1 Å². The molecule has 1 atom stereocenters. The Morgan fingerprint density at radius 3 is 2.72 bits per heavy atom. The van der Waals surface area contributed by atoms with Crippen molar-refractivity contribution in [3.05, 3.63) is 65.0 Å². The maximum atomic E-state index is 14.0. The van der Waals surface area contributed by atoms with Gasteiger partial charge in [0, 0.05) is 13.1 Å². The molecule has 5 nitrogen and oxygen atoms in total. The predicted octanol–water partition coefficient (Wildman–Crippen LogP) is 3.05. The summed E-state index contributed by atoms with van der Waals surface area (Å²) in [4.78, 5) is 26.0. The van der Waals surface area contributed by atoms with Crippen LogP contribution in [0.5, 0.6) is 5.75 Å². The highest BCUT2D eigenvalue weighted by molar-refractivity contribution is 5.97. The van der Waals surface area contributed by atoms with Crippen molar-refractivity contribution < 1.29 is 23.8 Å². The van der Waals surface area contributed by atoms with E-state index in [2.05, 4.69) is 0 Å². The fourth-order valence-corrected chi connectivity index (χ4v) is 3.11. The van der Waals surface area contributed by atoms with Gasteiger partial charge < -0.3 is 14.7 Å². The van der Waals surface area contributed by atoms with Gasteiger partial charge in [-0.15, -0.1) is 0 Å². The van der Waals surface area contributed by atoms with Gasteiger partial charge in [-0.2, -0.15) is 0 Å². The monoisotopic (exact) mass is 343 g/mol. The van der Waals surface area contributed by atoms with Crippen LogP contribution >= 0.6 is 0 Å². The zero-order valence-corrected chi connectivity index (χ0v) is 13.7. The zero-order chi connectivity index (χ0) is 18.0. The van der Waals surface area contributed by atoms with E-state index in [1.54, 1.807) is 31.2 Å². The largest absolute Gasteiger partial charge is 0.490 e. The topological polar surface area (TPSA) is 66.8 Å². The summed E-state index contributed by atoms with van der Waals surface area (Å²) in [6.07, 6.45) is 0. The lowest BCUT2D eigenvalue weighted by Gasteiger charge is -2.33. The van der Waals surface area contributed by atoms with Crippen LogP contribution in [0.4, 0.5) is 4.39 Å². The van der Waals surface area contributed by atoms with Gasteiger partial charge in [0.2, 0.25) is 0 Å². The first-order valence-electron chi connectivity index (χ1n) is 8.04. The molecule has 1 N–H and O–H groups in total. The molecule has 0 radical (unpaired) electrons. The summed E-state index contributed by atoms with van der Waals surface area (Å²) in [5, 5.41) is 9.52. The Kier molecular flexibility index (Phi) is 4.70. The quantitative estimate of drug-likeness (QED) is 0.927. The molecule has 6 heteroatoms. The summed E-state index contributed by atoms with van der Waals surface area (Å²) < 4.78 is 19.3. The van der Waals surface area contributed by atoms with Crippen LogP contribution in [0.3, 0.4) is 0 Å². The molecule has 0 saturated heterocycles. The number of fused-ring (bicyclic) bond motifs is 1. The minimum Gasteiger partial charge on any atom is -0.490 e. The van der Waals surface area contributed by atoms with Crippen molar-refractivity contribution in [2.75, 3.05) is 13.2 Å². The highest BCUT2D eigenvalue weighted by atomic mass is 19.1. The van der Waals surface area contributed by atoms with Gasteiger partial charge in [-0.25, -0.2) is 4.39 Å². The third-order valence-electron chi connectivity index (χ3n) is 4.27. The molecule has 1 aliphatic rings. The van der Waals surface area contributed by atoms with Crippen LogP contribution in [0.15, 0.2) is 42.5 Å². The number of benzene rings is 2. The number of rotatable bonds is 4. The number of hydrogen-bond acceptors (Lipinski definition) is 3. The molecule has 1 heterocycles. The van der Waals surface area contributed by atoms with Crippen molar-refractivity contribution in [2.45, 2.75) is 19.4 Å². The van der Waals surface area contributed by atoms with Crippen molar-refractivity contribution in [3.63, 3.8) is 0 Å². The lowest BCUT2D eigenvalue weighted by atomic mass is 9.89. The number of carbonyl (C=O) groups is 2. The Morgan fingerprint density at radius 2 is 2.00 bits per heavy atom. The first-order chi connectivity index (χ1) is 12.0. The molecule has 0 bridgehead atoms. The molecule has 1 amide bonds. The molecule has 1 aliphatic heterocycles. The summed E-state index contributed by atoms with van der Waals surface area (Å²) in [6.45, 7) is 2.24. The molecule has 0 aliphatic carbocycles. The van der Waals surface area contributed by atoms with Gasteiger partial charge in [0.05, 0.1) is 18.1 Å². The summed E-state index contributed by atoms with van der Waals surface area (Å²) in [5.41, 5.74) is 1.59. The van der Waals surface area contributed by atoms with Gasteiger partial charge in [0.1, 0.15) is 0 Å². The van der Waals surface area contributed by atoms with E-state index < -0.39 is 23.6 Å². The Morgan fingerprint density at radius 1 is 1.24 bits per heavy atom. The maximum Gasteiger partial charge on any atom is 0.312 e. The summed E-state index contributed by atoms with van der Waals surface area (Å²) in [6, 6.07) is 11.3. The summed E-state index contributed by atoms with van der Waals surface area (Å²) in [5.74, 6) is -2.95. The summed E-state index contributed by atoms with van der Waals surface area (Å²) in [7, 11) is 0. The second-order valence-electron chi connectivity index (χ2n) is 5.82. The lowest BCUT2D eigenvalue weighted by Crippen LogP contribution is -2.40. The third kappa shape index (κ3) is 3.20. The molecule has 3 rings (SSSR count). The maximum absolute atomic E-state index is 14.0. The first-order valence-corrected chi connectivity index (χ1v) is 8.04. The average molecular weight is 343 g/mol. The Hall–Kier alpha value is -2.89. The number of aliphatic carboxylic acids is 1. The molecule has 1 unspecified atom stereocenters.